The Morgan fingerprint density at radius 2 is 2.10 bits per heavy atom. The first kappa shape index (κ1) is 14.2. The Hall–Kier alpha value is -2.24. The molecule has 4 N–H and O–H groups in total. The summed E-state index contributed by atoms with van der Waals surface area (Å²) in [6.07, 6.45) is 2.42. The third-order valence-corrected chi connectivity index (χ3v) is 2.84. The minimum Gasteiger partial charge on any atom is -0.484 e. The van der Waals surface area contributed by atoms with Crippen LogP contribution in [0, 0.1) is 0 Å². The van der Waals surface area contributed by atoms with E-state index in [2.05, 4.69) is 10.6 Å². The van der Waals surface area contributed by atoms with Gasteiger partial charge < -0.3 is 21.1 Å². The van der Waals surface area contributed by atoms with Crippen LogP contribution in [0.25, 0.3) is 0 Å². The van der Waals surface area contributed by atoms with Gasteiger partial charge in [0.1, 0.15) is 5.75 Å². The van der Waals surface area contributed by atoms with Crippen LogP contribution in [0.3, 0.4) is 0 Å². The summed E-state index contributed by atoms with van der Waals surface area (Å²) in [6.45, 7) is 0.228. The predicted molar refractivity (Wildman–Crippen MR) is 75.1 cm³/mol. The first-order chi connectivity index (χ1) is 9.63. The van der Waals surface area contributed by atoms with Crippen LogP contribution in [0.15, 0.2) is 24.3 Å². The van der Waals surface area contributed by atoms with Gasteiger partial charge in [-0.05, 0) is 25.0 Å². The van der Waals surface area contributed by atoms with E-state index < -0.39 is 0 Å². The first-order valence-electron chi connectivity index (χ1n) is 6.68. The SMILES string of the molecule is Nc1cccc(OCC(=O)NCCC(=O)NC2CC2)c1. The van der Waals surface area contributed by atoms with Crippen LogP contribution in [0.5, 0.6) is 5.75 Å². The Balaban J connectivity index is 1.59. The van der Waals surface area contributed by atoms with Crippen LogP contribution in [-0.4, -0.2) is 31.0 Å². The number of benzene rings is 1. The molecule has 1 aromatic carbocycles. The summed E-state index contributed by atoms with van der Waals surface area (Å²) < 4.78 is 5.29. The zero-order valence-corrected chi connectivity index (χ0v) is 11.2. The standard InChI is InChI=1S/C14H19N3O3/c15-10-2-1-3-12(8-10)20-9-14(19)16-7-6-13(18)17-11-4-5-11/h1-3,8,11H,4-7,9,15H2,(H,16,19)(H,17,18). The van der Waals surface area contributed by atoms with Gasteiger partial charge >= 0.3 is 0 Å². The summed E-state index contributed by atoms with van der Waals surface area (Å²) in [7, 11) is 0. The smallest absolute Gasteiger partial charge is 0.257 e. The molecule has 2 amide bonds. The molecule has 0 unspecified atom stereocenters. The Bertz CT molecular complexity index is 486. The number of nitrogens with two attached hydrogens (primary N) is 1. The number of anilines is 1. The molecule has 1 fully saturated rings. The fourth-order valence-electron chi connectivity index (χ4n) is 1.65. The van der Waals surface area contributed by atoms with Crippen LogP contribution < -0.4 is 21.1 Å². The van der Waals surface area contributed by atoms with Crippen LogP contribution >= 0.6 is 0 Å². The number of ether oxygens (including phenoxy) is 1. The number of nitrogen functional groups attached to an aromatic ring is 1. The van der Waals surface area contributed by atoms with Crippen molar-refractivity contribution < 1.29 is 14.3 Å². The van der Waals surface area contributed by atoms with E-state index in [0.717, 1.165) is 12.8 Å². The predicted octanol–water partition coefficient (Wildman–Crippen LogP) is 0.432. The van der Waals surface area contributed by atoms with E-state index >= 15 is 0 Å². The Kier molecular flexibility index (Phi) is 4.81. The quantitative estimate of drug-likeness (QED) is 0.630. The van der Waals surface area contributed by atoms with Crippen molar-refractivity contribution in [3.63, 3.8) is 0 Å². The maximum Gasteiger partial charge on any atom is 0.257 e. The number of rotatable bonds is 7. The minimum absolute atomic E-state index is 0.0236. The second-order valence-corrected chi connectivity index (χ2v) is 4.80. The zero-order chi connectivity index (χ0) is 14.4. The fourth-order valence-corrected chi connectivity index (χ4v) is 1.65. The van der Waals surface area contributed by atoms with Crippen molar-refractivity contribution in [1.29, 1.82) is 0 Å². The van der Waals surface area contributed by atoms with Crippen molar-refractivity contribution in [2.75, 3.05) is 18.9 Å². The molecule has 1 aromatic rings. The van der Waals surface area contributed by atoms with Gasteiger partial charge in [-0.2, -0.15) is 0 Å². The van der Waals surface area contributed by atoms with E-state index in [9.17, 15) is 9.59 Å². The molecule has 20 heavy (non-hydrogen) atoms. The molecule has 0 aliphatic heterocycles. The van der Waals surface area contributed by atoms with Gasteiger partial charge in [0.2, 0.25) is 5.91 Å². The van der Waals surface area contributed by atoms with Crippen molar-refractivity contribution >= 4 is 17.5 Å². The molecular formula is C14H19N3O3. The number of amides is 2. The Morgan fingerprint density at radius 3 is 2.80 bits per heavy atom. The number of hydrogen-bond donors (Lipinski definition) is 3. The lowest BCUT2D eigenvalue weighted by Gasteiger charge is -2.08. The van der Waals surface area contributed by atoms with Gasteiger partial charge in [-0.3, -0.25) is 9.59 Å². The average molecular weight is 277 g/mol. The summed E-state index contributed by atoms with van der Waals surface area (Å²) in [5, 5.41) is 5.49. The highest BCUT2D eigenvalue weighted by atomic mass is 16.5. The van der Waals surface area contributed by atoms with Gasteiger partial charge in [-0.15, -0.1) is 0 Å². The largest absolute Gasteiger partial charge is 0.484 e. The van der Waals surface area contributed by atoms with Crippen LogP contribution in [0.1, 0.15) is 19.3 Å². The summed E-state index contributed by atoms with van der Waals surface area (Å²) in [5.41, 5.74) is 6.18. The summed E-state index contributed by atoms with van der Waals surface area (Å²) >= 11 is 0. The van der Waals surface area contributed by atoms with Crippen LogP contribution in [0.2, 0.25) is 0 Å². The third kappa shape index (κ3) is 5.17. The monoisotopic (exact) mass is 277 g/mol. The molecule has 0 aromatic heterocycles. The van der Waals surface area contributed by atoms with E-state index in [0.29, 0.717) is 30.4 Å². The lowest BCUT2D eigenvalue weighted by Crippen LogP contribution is -2.34. The van der Waals surface area contributed by atoms with Gasteiger partial charge in [0.25, 0.3) is 5.91 Å². The maximum absolute atomic E-state index is 11.5. The fraction of sp³-hybridized carbons (Fsp3) is 0.429. The summed E-state index contributed by atoms with van der Waals surface area (Å²) in [4.78, 5) is 22.9. The zero-order valence-electron chi connectivity index (χ0n) is 11.2. The highest BCUT2D eigenvalue weighted by Crippen LogP contribution is 2.18. The molecule has 1 aliphatic carbocycles. The molecule has 0 bridgehead atoms. The summed E-state index contributed by atoms with van der Waals surface area (Å²) in [6, 6.07) is 7.23. The lowest BCUT2D eigenvalue weighted by atomic mass is 10.3. The molecule has 1 saturated carbocycles. The molecular weight excluding hydrogens is 258 g/mol. The first-order valence-corrected chi connectivity index (χ1v) is 6.68. The molecule has 6 nitrogen and oxygen atoms in total. The molecule has 108 valence electrons. The molecule has 0 heterocycles. The summed E-state index contributed by atoms with van der Waals surface area (Å²) in [5.74, 6) is 0.267. The topological polar surface area (TPSA) is 93.4 Å². The van der Waals surface area contributed by atoms with Crippen molar-refractivity contribution in [1.82, 2.24) is 10.6 Å². The van der Waals surface area contributed by atoms with E-state index in [1.807, 2.05) is 0 Å². The normalized spacial score (nSPS) is 13.6. The molecule has 0 spiro atoms. The average Bonchev–Trinajstić information content (AvgIpc) is 3.20. The Morgan fingerprint density at radius 1 is 1.30 bits per heavy atom. The molecule has 2 rings (SSSR count). The molecule has 0 saturated heterocycles. The third-order valence-electron chi connectivity index (χ3n) is 2.84. The van der Waals surface area contributed by atoms with Crippen molar-refractivity contribution in [3.05, 3.63) is 24.3 Å². The highest BCUT2D eigenvalue weighted by Gasteiger charge is 2.22. The second kappa shape index (κ2) is 6.79. The minimum atomic E-state index is -0.258. The van der Waals surface area contributed by atoms with E-state index in [1.165, 1.54) is 0 Å². The number of carbonyl (C=O) groups is 2. The number of hydrogen-bond acceptors (Lipinski definition) is 4. The number of carbonyl (C=O) groups excluding carboxylic acids is 2. The van der Waals surface area contributed by atoms with Gasteiger partial charge in [0.05, 0.1) is 0 Å². The van der Waals surface area contributed by atoms with Crippen molar-refractivity contribution in [2.24, 2.45) is 0 Å². The molecule has 0 radical (unpaired) electrons. The number of nitrogens with one attached hydrogen (secondary N) is 2. The maximum atomic E-state index is 11.5. The second-order valence-electron chi connectivity index (χ2n) is 4.80. The molecule has 0 atom stereocenters. The van der Waals surface area contributed by atoms with Gasteiger partial charge in [0, 0.05) is 30.8 Å². The highest BCUT2D eigenvalue weighted by molar-refractivity contribution is 5.80. The van der Waals surface area contributed by atoms with Crippen molar-refractivity contribution in [2.45, 2.75) is 25.3 Å². The lowest BCUT2D eigenvalue weighted by molar-refractivity contribution is -0.123. The van der Waals surface area contributed by atoms with Crippen molar-refractivity contribution in [3.8, 4) is 5.75 Å². The van der Waals surface area contributed by atoms with E-state index in [4.69, 9.17) is 10.5 Å². The van der Waals surface area contributed by atoms with Gasteiger partial charge in [-0.1, -0.05) is 6.07 Å². The van der Waals surface area contributed by atoms with Crippen LogP contribution in [0.4, 0.5) is 5.69 Å². The molecule has 6 heteroatoms. The van der Waals surface area contributed by atoms with Gasteiger partial charge in [0.15, 0.2) is 6.61 Å². The Labute approximate surface area is 117 Å². The molecule has 1 aliphatic rings. The van der Waals surface area contributed by atoms with E-state index in [-0.39, 0.29) is 18.4 Å². The van der Waals surface area contributed by atoms with Crippen LogP contribution in [-0.2, 0) is 9.59 Å². The van der Waals surface area contributed by atoms with E-state index in [1.54, 1.807) is 24.3 Å². The van der Waals surface area contributed by atoms with Gasteiger partial charge in [-0.25, -0.2) is 0 Å².